The van der Waals surface area contributed by atoms with Gasteiger partial charge in [-0.05, 0) is 59.9 Å². The van der Waals surface area contributed by atoms with Crippen LogP contribution in [0.15, 0.2) is 73.3 Å². The Morgan fingerprint density at radius 3 is 2.71 bits per heavy atom. The molecule has 12 heteroatoms. The summed E-state index contributed by atoms with van der Waals surface area (Å²) in [4.78, 5) is 34.7. The topological polar surface area (TPSA) is 120 Å². The summed E-state index contributed by atoms with van der Waals surface area (Å²) in [5.41, 5.74) is 3.47. The van der Waals surface area contributed by atoms with Crippen molar-refractivity contribution in [1.82, 2.24) is 29.9 Å². The lowest BCUT2D eigenvalue weighted by Gasteiger charge is -2.39. The number of carbonyl (C=O) groups excluding carboxylic acids is 2. The molecule has 2 aliphatic heterocycles. The van der Waals surface area contributed by atoms with Gasteiger partial charge in [-0.1, -0.05) is 32.0 Å². The van der Waals surface area contributed by atoms with Gasteiger partial charge >= 0.3 is 0 Å². The molecule has 0 saturated carbocycles. The van der Waals surface area contributed by atoms with Crippen molar-refractivity contribution < 1.29 is 28.5 Å². The van der Waals surface area contributed by atoms with Crippen LogP contribution >= 0.6 is 0 Å². The van der Waals surface area contributed by atoms with Gasteiger partial charge in [0.1, 0.15) is 35.7 Å². The molecule has 2 atom stereocenters. The number of nitrogens with one attached hydrogen (secondary N) is 1. The van der Waals surface area contributed by atoms with E-state index < -0.39 is 0 Å². The van der Waals surface area contributed by atoms with Crippen molar-refractivity contribution in [2.24, 2.45) is 5.92 Å². The molecule has 0 radical (unpaired) electrons. The zero-order valence-corrected chi connectivity index (χ0v) is 28.5. The Bertz CT molecular complexity index is 1750. The molecule has 3 heterocycles. The number of piperidine rings is 1. The maximum absolute atomic E-state index is 13.6. The molecule has 12 nitrogen and oxygen atoms in total. The molecule has 1 saturated heterocycles. The number of ether oxygens (including phenoxy) is 4. The number of hydrogen-bond donors (Lipinski definition) is 1. The third-order valence-electron chi connectivity index (χ3n) is 8.58. The molecular weight excluding hydrogens is 624 g/mol. The van der Waals surface area contributed by atoms with Crippen molar-refractivity contribution in [3.63, 3.8) is 0 Å². The number of likely N-dealkylation sites (N-methyl/N-ethyl adjacent to an activating group) is 1. The Kier molecular flexibility index (Phi) is 10.8. The van der Waals surface area contributed by atoms with Crippen LogP contribution in [-0.2, 0) is 29.2 Å². The summed E-state index contributed by atoms with van der Waals surface area (Å²) in [6.45, 7) is 7.49. The fraction of sp³-hybridized carbons (Fsp3) is 0.405. The Morgan fingerprint density at radius 2 is 1.92 bits per heavy atom. The standard InChI is InChI=1S/C37H44N6O6/c1-25(2)21-47-31-14-28-15-32(16-31)49-30-7-5-6-27(13-30)22-48-35-19-42(11-10-33(35)40-36(44)20-41(3)37(28)45)17-26-8-9-34(46-4)29(12-26)18-43-24-38-23-39-43/h5-9,12-16,23-25,33,35H,10-11,17-22H2,1-4H3,(H,40,44)/t33-,35-/m0/s1. The van der Waals surface area contributed by atoms with Crippen molar-refractivity contribution in [3.8, 4) is 23.0 Å². The van der Waals surface area contributed by atoms with Crippen LogP contribution in [0.4, 0.5) is 0 Å². The van der Waals surface area contributed by atoms with E-state index in [-0.39, 0.29) is 30.5 Å². The number of aromatic nitrogens is 3. The van der Waals surface area contributed by atoms with Crippen molar-refractivity contribution in [2.75, 3.05) is 40.4 Å². The van der Waals surface area contributed by atoms with Crippen molar-refractivity contribution in [3.05, 3.63) is 95.6 Å². The second kappa shape index (κ2) is 15.5. The monoisotopic (exact) mass is 668 g/mol. The summed E-state index contributed by atoms with van der Waals surface area (Å²) in [7, 11) is 3.29. The Hall–Kier alpha value is -4.94. The van der Waals surface area contributed by atoms with Crippen LogP contribution < -0.4 is 19.5 Å². The van der Waals surface area contributed by atoms with E-state index in [4.69, 9.17) is 18.9 Å². The summed E-state index contributed by atoms with van der Waals surface area (Å²) in [5.74, 6) is 2.18. The minimum atomic E-state index is -0.304. The van der Waals surface area contributed by atoms with E-state index in [1.807, 2.05) is 30.3 Å². The molecule has 1 fully saturated rings. The fourth-order valence-corrected chi connectivity index (χ4v) is 6.16. The average Bonchev–Trinajstić information content (AvgIpc) is 3.60. The number of nitrogens with zero attached hydrogens (tertiary/aromatic N) is 5. The van der Waals surface area contributed by atoms with Crippen molar-refractivity contribution in [1.29, 1.82) is 0 Å². The third-order valence-corrected chi connectivity index (χ3v) is 8.58. The predicted molar refractivity (Wildman–Crippen MR) is 183 cm³/mol. The van der Waals surface area contributed by atoms with Gasteiger partial charge < -0.3 is 29.2 Å². The molecule has 1 aromatic heterocycles. The smallest absolute Gasteiger partial charge is 0.254 e. The van der Waals surface area contributed by atoms with Gasteiger partial charge in [0.15, 0.2) is 0 Å². The molecule has 2 aliphatic rings. The number of benzene rings is 3. The summed E-state index contributed by atoms with van der Waals surface area (Å²) >= 11 is 0. The second-order valence-corrected chi connectivity index (χ2v) is 13.1. The van der Waals surface area contributed by atoms with Crippen LogP contribution in [0.25, 0.3) is 0 Å². The zero-order chi connectivity index (χ0) is 34.3. The first-order chi connectivity index (χ1) is 23.7. The van der Waals surface area contributed by atoms with E-state index >= 15 is 0 Å². The van der Waals surface area contributed by atoms with Gasteiger partial charge in [-0.3, -0.25) is 14.5 Å². The SMILES string of the molecule is COc1ccc(CN2CC[C@@H]3NC(=O)CN(C)C(=O)c4cc(OCC(C)C)cc(c4)Oc4cccc(c4)CO[C@H]3C2)cc1Cn1cncn1. The van der Waals surface area contributed by atoms with Gasteiger partial charge in [-0.15, -0.1) is 0 Å². The Balaban J connectivity index is 1.21. The van der Waals surface area contributed by atoms with Crippen LogP contribution in [0.3, 0.4) is 0 Å². The maximum Gasteiger partial charge on any atom is 0.254 e. The molecule has 0 spiro atoms. The predicted octanol–water partition coefficient (Wildman–Crippen LogP) is 4.52. The number of carbonyl (C=O) groups is 2. The molecule has 6 rings (SSSR count). The molecule has 4 aromatic rings. The summed E-state index contributed by atoms with van der Waals surface area (Å²) in [6.07, 6.45) is 3.62. The highest BCUT2D eigenvalue weighted by atomic mass is 16.5. The van der Waals surface area contributed by atoms with E-state index in [1.54, 1.807) is 43.4 Å². The summed E-state index contributed by atoms with van der Waals surface area (Å²) < 4.78 is 26.1. The number of hydrogen-bond acceptors (Lipinski definition) is 9. The van der Waals surface area contributed by atoms with E-state index in [2.05, 4.69) is 46.3 Å². The van der Waals surface area contributed by atoms with Crippen LogP contribution in [0, 0.1) is 5.92 Å². The van der Waals surface area contributed by atoms with Crippen LogP contribution in [0.5, 0.6) is 23.0 Å². The number of likely N-dealkylation sites (tertiary alicyclic amines) is 1. The molecule has 0 unspecified atom stereocenters. The number of amides is 2. The van der Waals surface area contributed by atoms with Gasteiger partial charge in [0, 0.05) is 43.9 Å². The Labute approximate surface area is 286 Å². The highest BCUT2D eigenvalue weighted by Crippen LogP contribution is 2.30. The normalized spacial score (nSPS) is 18.8. The average molecular weight is 669 g/mol. The maximum atomic E-state index is 13.6. The first-order valence-electron chi connectivity index (χ1n) is 16.6. The largest absolute Gasteiger partial charge is 0.496 e. The summed E-state index contributed by atoms with van der Waals surface area (Å²) in [5, 5.41) is 7.42. The molecule has 258 valence electrons. The highest BCUT2D eigenvalue weighted by molar-refractivity contribution is 5.97. The second-order valence-electron chi connectivity index (χ2n) is 13.1. The van der Waals surface area contributed by atoms with Gasteiger partial charge in [-0.25, -0.2) is 9.67 Å². The molecule has 49 heavy (non-hydrogen) atoms. The Morgan fingerprint density at radius 1 is 1.04 bits per heavy atom. The minimum absolute atomic E-state index is 0.0987. The van der Waals surface area contributed by atoms with Gasteiger partial charge in [-0.2, -0.15) is 5.10 Å². The fourth-order valence-electron chi connectivity index (χ4n) is 6.16. The molecule has 3 aromatic carbocycles. The minimum Gasteiger partial charge on any atom is -0.496 e. The van der Waals surface area contributed by atoms with E-state index in [0.29, 0.717) is 68.0 Å². The van der Waals surface area contributed by atoms with Gasteiger partial charge in [0.25, 0.3) is 5.91 Å². The van der Waals surface area contributed by atoms with Crippen molar-refractivity contribution in [2.45, 2.75) is 52.1 Å². The highest BCUT2D eigenvalue weighted by Gasteiger charge is 2.32. The van der Waals surface area contributed by atoms with Gasteiger partial charge in [0.05, 0.1) is 45.6 Å². The van der Waals surface area contributed by atoms with Gasteiger partial charge in [0.2, 0.25) is 5.91 Å². The summed E-state index contributed by atoms with van der Waals surface area (Å²) in [6, 6.07) is 18.9. The molecule has 0 aliphatic carbocycles. The number of rotatable bonds is 8. The molecule has 1 N–H and O–H groups in total. The van der Waals surface area contributed by atoms with E-state index in [0.717, 1.165) is 29.0 Å². The lowest BCUT2D eigenvalue weighted by Crippen LogP contribution is -2.56. The molecule has 4 bridgehead atoms. The first kappa shape index (κ1) is 33.9. The first-order valence-corrected chi connectivity index (χ1v) is 16.6. The lowest BCUT2D eigenvalue weighted by atomic mass is 10.00. The van der Waals surface area contributed by atoms with E-state index in [1.165, 1.54) is 11.2 Å². The molecular formula is C37H44N6O6. The lowest BCUT2D eigenvalue weighted by molar-refractivity contribution is -0.125. The van der Waals surface area contributed by atoms with Crippen LogP contribution in [0.2, 0.25) is 0 Å². The number of fused-ring (bicyclic) bond motifs is 5. The third kappa shape index (κ3) is 8.95. The van der Waals surface area contributed by atoms with Crippen LogP contribution in [0.1, 0.15) is 47.3 Å². The molecule has 2 amide bonds. The van der Waals surface area contributed by atoms with E-state index in [9.17, 15) is 9.59 Å². The number of methoxy groups -OCH3 is 1. The zero-order valence-electron chi connectivity index (χ0n) is 28.5. The van der Waals surface area contributed by atoms with Crippen molar-refractivity contribution >= 4 is 11.8 Å². The van der Waals surface area contributed by atoms with Crippen LogP contribution in [-0.4, -0.2) is 88.9 Å². The quantitative estimate of drug-likeness (QED) is 0.289.